The van der Waals surface area contributed by atoms with Gasteiger partial charge in [0.2, 0.25) is 0 Å². The third-order valence-corrected chi connectivity index (χ3v) is 6.16. The minimum Gasteiger partial charge on any atom is -0.356 e. The van der Waals surface area contributed by atoms with Crippen LogP contribution in [-0.2, 0) is 10.0 Å². The lowest BCUT2D eigenvalue weighted by molar-refractivity contribution is 0.0787. The number of aromatic amines is 1. The van der Waals surface area contributed by atoms with E-state index in [0.717, 1.165) is 12.8 Å². The van der Waals surface area contributed by atoms with Gasteiger partial charge in [0.05, 0.1) is 10.7 Å². The molecule has 1 aliphatic heterocycles. The third-order valence-electron chi connectivity index (χ3n) is 4.48. The van der Waals surface area contributed by atoms with Crippen molar-refractivity contribution in [3.8, 4) is 0 Å². The number of anilines is 1. The predicted octanol–water partition coefficient (Wildman–Crippen LogP) is 2.84. The second-order valence-electron chi connectivity index (χ2n) is 7.18. The molecular weight excluding hydrogens is 416 g/mol. The van der Waals surface area contributed by atoms with Crippen LogP contribution in [0.5, 0.6) is 0 Å². The number of hydrogen-bond acceptors (Lipinski definition) is 4. The van der Waals surface area contributed by atoms with Crippen LogP contribution >= 0.6 is 11.6 Å². The number of halogens is 1. The lowest BCUT2D eigenvalue weighted by atomic mass is 10.2. The number of benzene rings is 1. The van der Waals surface area contributed by atoms with Crippen LogP contribution in [0.3, 0.4) is 0 Å². The lowest BCUT2D eigenvalue weighted by Gasteiger charge is -2.13. The van der Waals surface area contributed by atoms with Gasteiger partial charge in [-0.1, -0.05) is 11.6 Å². The zero-order valence-electron chi connectivity index (χ0n) is 16.2. The fourth-order valence-electron chi connectivity index (χ4n) is 3.04. The van der Waals surface area contributed by atoms with E-state index in [9.17, 15) is 18.0 Å². The van der Waals surface area contributed by atoms with Gasteiger partial charge in [0.1, 0.15) is 10.6 Å². The van der Waals surface area contributed by atoms with Crippen molar-refractivity contribution in [2.75, 3.05) is 17.8 Å². The maximum absolute atomic E-state index is 12.8. The van der Waals surface area contributed by atoms with Gasteiger partial charge in [-0.05, 0) is 51.0 Å². The lowest BCUT2D eigenvalue weighted by Crippen LogP contribution is -2.30. The van der Waals surface area contributed by atoms with Crippen LogP contribution in [0.1, 0.15) is 47.5 Å². The highest BCUT2D eigenvalue weighted by atomic mass is 35.5. The molecule has 3 N–H and O–H groups in total. The number of sulfonamides is 1. The smallest absolute Gasteiger partial charge is 0.270 e. The van der Waals surface area contributed by atoms with E-state index in [1.807, 2.05) is 13.8 Å². The highest BCUT2D eigenvalue weighted by Gasteiger charge is 2.24. The minimum atomic E-state index is -4.01. The molecule has 1 aromatic carbocycles. The van der Waals surface area contributed by atoms with Gasteiger partial charge in [0.15, 0.2) is 0 Å². The summed E-state index contributed by atoms with van der Waals surface area (Å²) in [7, 11) is -4.01. The van der Waals surface area contributed by atoms with E-state index in [2.05, 4.69) is 15.0 Å². The summed E-state index contributed by atoms with van der Waals surface area (Å²) in [4.78, 5) is 28.9. The van der Waals surface area contributed by atoms with Crippen LogP contribution < -0.4 is 10.0 Å². The van der Waals surface area contributed by atoms with Gasteiger partial charge in [-0.25, -0.2) is 8.42 Å². The number of amides is 2. The Balaban J connectivity index is 1.81. The van der Waals surface area contributed by atoms with Gasteiger partial charge < -0.3 is 15.2 Å². The summed E-state index contributed by atoms with van der Waals surface area (Å²) in [5, 5.41) is 2.89. The van der Waals surface area contributed by atoms with Gasteiger partial charge in [-0.3, -0.25) is 14.3 Å². The van der Waals surface area contributed by atoms with Crippen LogP contribution in [0, 0.1) is 0 Å². The number of rotatable bonds is 6. The van der Waals surface area contributed by atoms with E-state index in [-0.39, 0.29) is 44.7 Å². The largest absolute Gasteiger partial charge is 0.356 e. The van der Waals surface area contributed by atoms with E-state index in [0.29, 0.717) is 13.1 Å². The van der Waals surface area contributed by atoms with Crippen molar-refractivity contribution in [2.24, 2.45) is 0 Å². The minimum absolute atomic E-state index is 0.0651. The number of hydrogen-bond donors (Lipinski definition) is 3. The van der Waals surface area contributed by atoms with Crippen LogP contribution in [0.25, 0.3) is 0 Å². The Hall–Kier alpha value is -2.52. The standard InChI is InChI=1S/C19H23ClN4O4S/c1-12(2)22-18(25)13-5-6-15(20)16(9-13)23-29(27,28)14-10-17(21-11-14)19(26)24-7-3-4-8-24/h5-6,9-12,21,23H,3-4,7-8H2,1-2H3,(H,22,25). The zero-order chi connectivity index (χ0) is 21.2. The van der Waals surface area contributed by atoms with Gasteiger partial charge >= 0.3 is 0 Å². The topological polar surface area (TPSA) is 111 Å². The molecule has 10 heteroatoms. The maximum Gasteiger partial charge on any atom is 0.270 e. The molecule has 2 amide bonds. The van der Waals surface area contributed by atoms with Crippen molar-refractivity contribution in [3.63, 3.8) is 0 Å². The normalized spacial score (nSPS) is 14.3. The first-order valence-electron chi connectivity index (χ1n) is 9.28. The first-order chi connectivity index (χ1) is 13.7. The monoisotopic (exact) mass is 438 g/mol. The van der Waals surface area contributed by atoms with Crippen molar-refractivity contribution < 1.29 is 18.0 Å². The number of carbonyl (C=O) groups excluding carboxylic acids is 2. The molecular formula is C19H23ClN4O4S. The molecule has 1 saturated heterocycles. The van der Waals surface area contributed by atoms with Crippen LogP contribution in [-0.4, -0.2) is 49.2 Å². The van der Waals surface area contributed by atoms with Gasteiger partial charge in [-0.15, -0.1) is 0 Å². The summed E-state index contributed by atoms with van der Waals surface area (Å²) >= 11 is 6.11. The number of aromatic nitrogens is 1. The predicted molar refractivity (Wildman–Crippen MR) is 111 cm³/mol. The molecule has 2 aromatic rings. The van der Waals surface area contributed by atoms with Crippen molar-refractivity contribution >= 4 is 39.1 Å². The van der Waals surface area contributed by atoms with E-state index in [4.69, 9.17) is 11.6 Å². The SMILES string of the molecule is CC(C)NC(=O)c1ccc(Cl)c(NS(=O)(=O)c2c[nH]c(C(=O)N3CCCC3)c2)c1. The molecule has 0 radical (unpaired) electrons. The first-order valence-corrected chi connectivity index (χ1v) is 11.1. The average molecular weight is 439 g/mol. The average Bonchev–Trinajstić information content (AvgIpc) is 3.34. The maximum atomic E-state index is 12.8. The molecule has 156 valence electrons. The summed E-state index contributed by atoms with van der Waals surface area (Å²) < 4.78 is 27.9. The Bertz CT molecular complexity index is 1030. The molecule has 0 bridgehead atoms. The fraction of sp³-hybridized carbons (Fsp3) is 0.368. The highest BCUT2D eigenvalue weighted by Crippen LogP contribution is 2.26. The highest BCUT2D eigenvalue weighted by molar-refractivity contribution is 7.92. The number of carbonyl (C=O) groups is 2. The molecule has 1 aromatic heterocycles. The Kier molecular flexibility index (Phi) is 6.18. The molecule has 0 aliphatic carbocycles. The zero-order valence-corrected chi connectivity index (χ0v) is 17.7. The summed E-state index contributed by atoms with van der Waals surface area (Å²) in [5.74, 6) is -0.563. The van der Waals surface area contributed by atoms with Crippen LogP contribution in [0.4, 0.5) is 5.69 Å². The molecule has 1 fully saturated rings. The van der Waals surface area contributed by atoms with Crippen molar-refractivity contribution in [1.82, 2.24) is 15.2 Å². The quantitative estimate of drug-likeness (QED) is 0.643. The summed E-state index contributed by atoms with van der Waals surface area (Å²) in [6.07, 6.45) is 3.14. The van der Waals surface area contributed by atoms with Gasteiger partial charge in [0, 0.05) is 30.9 Å². The number of nitrogens with zero attached hydrogens (tertiary/aromatic N) is 1. The molecule has 3 rings (SSSR count). The Labute approximate surface area is 174 Å². The summed E-state index contributed by atoms with van der Waals surface area (Å²) in [6, 6.07) is 5.58. The summed E-state index contributed by atoms with van der Waals surface area (Å²) in [6.45, 7) is 4.98. The number of H-pyrrole nitrogens is 1. The van der Waals surface area contributed by atoms with Crippen LogP contribution in [0.2, 0.25) is 5.02 Å². The van der Waals surface area contributed by atoms with E-state index in [1.54, 1.807) is 4.90 Å². The number of likely N-dealkylation sites (tertiary alicyclic amines) is 1. The van der Waals surface area contributed by atoms with Crippen molar-refractivity contribution in [3.05, 3.63) is 46.7 Å². The molecule has 29 heavy (non-hydrogen) atoms. The van der Waals surface area contributed by atoms with Gasteiger partial charge in [0.25, 0.3) is 21.8 Å². The summed E-state index contributed by atoms with van der Waals surface area (Å²) in [5.41, 5.74) is 0.569. The van der Waals surface area contributed by atoms with E-state index >= 15 is 0 Å². The molecule has 8 nitrogen and oxygen atoms in total. The molecule has 0 unspecified atom stereocenters. The van der Waals surface area contributed by atoms with E-state index < -0.39 is 10.0 Å². The fourth-order valence-corrected chi connectivity index (χ4v) is 4.32. The van der Waals surface area contributed by atoms with Crippen molar-refractivity contribution in [1.29, 1.82) is 0 Å². The molecule has 0 spiro atoms. The Morgan fingerprint density at radius 1 is 1.17 bits per heavy atom. The Morgan fingerprint density at radius 2 is 1.86 bits per heavy atom. The van der Waals surface area contributed by atoms with Crippen LogP contribution in [0.15, 0.2) is 35.4 Å². The van der Waals surface area contributed by atoms with E-state index in [1.165, 1.54) is 30.5 Å². The Morgan fingerprint density at radius 3 is 2.52 bits per heavy atom. The molecule has 0 atom stereocenters. The third kappa shape index (κ3) is 4.91. The van der Waals surface area contributed by atoms with Gasteiger partial charge in [-0.2, -0.15) is 0 Å². The first kappa shape index (κ1) is 21.2. The molecule has 0 saturated carbocycles. The molecule has 2 heterocycles. The van der Waals surface area contributed by atoms with Crippen molar-refractivity contribution in [2.45, 2.75) is 37.6 Å². The molecule has 1 aliphatic rings. The number of nitrogens with one attached hydrogen (secondary N) is 3. The second kappa shape index (κ2) is 8.46. The second-order valence-corrected chi connectivity index (χ2v) is 9.27.